The molecule has 32 heavy (non-hydrogen) atoms. The lowest BCUT2D eigenvalue weighted by Crippen LogP contribution is -2.52. The number of alkyl carbamates (subject to hydrolysis) is 1. The molecule has 2 aliphatic carbocycles. The molecule has 0 aliphatic heterocycles. The Kier molecular flexibility index (Phi) is 5.91. The number of nitrogens with zero attached hydrogens (tertiary/aromatic N) is 1. The summed E-state index contributed by atoms with van der Waals surface area (Å²) in [6, 6.07) is 16.2. The number of likely N-dealkylation sites (N-methyl/N-ethyl adjacent to an activating group) is 1. The number of carbonyl (C=O) groups is 3. The highest BCUT2D eigenvalue weighted by Gasteiger charge is 2.53. The summed E-state index contributed by atoms with van der Waals surface area (Å²) in [5, 5.41) is 11.9. The van der Waals surface area contributed by atoms with Crippen molar-refractivity contribution >= 4 is 18.0 Å². The van der Waals surface area contributed by atoms with E-state index in [2.05, 4.69) is 29.6 Å². The minimum Gasteiger partial charge on any atom is -0.481 e. The minimum absolute atomic E-state index is 0.0532. The van der Waals surface area contributed by atoms with Crippen LogP contribution in [-0.4, -0.2) is 53.2 Å². The molecule has 7 heteroatoms. The second-order valence-electron chi connectivity index (χ2n) is 8.62. The van der Waals surface area contributed by atoms with Crippen molar-refractivity contribution in [3.05, 3.63) is 59.7 Å². The molecule has 0 bridgehead atoms. The van der Waals surface area contributed by atoms with Crippen LogP contribution in [0.4, 0.5) is 4.79 Å². The standard InChI is InChI=1S/C25H28N2O5/c1-3-27(14-16(2)22(28)29)23(30)25(12-13-25)26-24(31)32-15-21-19-10-6-4-8-17(19)18-9-5-7-11-20(18)21/h4-11,16,21H,3,12-15H2,1-2H3,(H,26,31)(H,28,29). The SMILES string of the molecule is CCN(CC(C)C(=O)O)C(=O)C1(NC(=O)OCC2c3ccccc3-c3ccccc32)CC1. The third kappa shape index (κ3) is 4.07. The van der Waals surface area contributed by atoms with Crippen LogP contribution in [0, 0.1) is 5.92 Å². The first-order valence-corrected chi connectivity index (χ1v) is 11.0. The van der Waals surface area contributed by atoms with Gasteiger partial charge in [-0.15, -0.1) is 0 Å². The molecule has 0 saturated heterocycles. The van der Waals surface area contributed by atoms with Gasteiger partial charge >= 0.3 is 12.1 Å². The van der Waals surface area contributed by atoms with Crippen LogP contribution in [0.3, 0.4) is 0 Å². The van der Waals surface area contributed by atoms with E-state index in [0.717, 1.165) is 22.3 Å². The van der Waals surface area contributed by atoms with Crippen LogP contribution < -0.4 is 5.32 Å². The second kappa shape index (κ2) is 8.65. The molecule has 1 fully saturated rings. The van der Waals surface area contributed by atoms with E-state index in [1.807, 2.05) is 24.3 Å². The van der Waals surface area contributed by atoms with Gasteiger partial charge in [0.1, 0.15) is 12.1 Å². The van der Waals surface area contributed by atoms with E-state index in [1.165, 1.54) is 4.90 Å². The molecule has 2 aromatic carbocycles. The van der Waals surface area contributed by atoms with Crippen molar-refractivity contribution in [2.75, 3.05) is 19.7 Å². The first-order chi connectivity index (χ1) is 15.4. The zero-order chi connectivity index (χ0) is 22.9. The van der Waals surface area contributed by atoms with Gasteiger partial charge in [-0.25, -0.2) is 4.79 Å². The van der Waals surface area contributed by atoms with Gasteiger partial charge in [0.2, 0.25) is 5.91 Å². The number of fused-ring (bicyclic) bond motifs is 3. The molecule has 2 aromatic rings. The van der Waals surface area contributed by atoms with Gasteiger partial charge in [0.25, 0.3) is 0 Å². The number of carboxylic acids is 1. The van der Waals surface area contributed by atoms with Crippen molar-refractivity contribution in [1.29, 1.82) is 0 Å². The van der Waals surface area contributed by atoms with Crippen molar-refractivity contribution < 1.29 is 24.2 Å². The largest absolute Gasteiger partial charge is 0.481 e. The molecule has 0 heterocycles. The number of carbonyl (C=O) groups excluding carboxylic acids is 2. The Morgan fingerprint density at radius 2 is 1.66 bits per heavy atom. The van der Waals surface area contributed by atoms with Gasteiger partial charge in [-0.3, -0.25) is 9.59 Å². The fraction of sp³-hybridized carbons (Fsp3) is 0.400. The van der Waals surface area contributed by atoms with E-state index in [9.17, 15) is 14.4 Å². The Hall–Kier alpha value is -3.35. The Morgan fingerprint density at radius 1 is 1.09 bits per heavy atom. The summed E-state index contributed by atoms with van der Waals surface area (Å²) in [5.41, 5.74) is 3.56. The number of hydrogen-bond acceptors (Lipinski definition) is 4. The van der Waals surface area contributed by atoms with E-state index < -0.39 is 23.5 Å². The maximum absolute atomic E-state index is 13.0. The first-order valence-electron chi connectivity index (χ1n) is 11.0. The molecule has 7 nitrogen and oxygen atoms in total. The monoisotopic (exact) mass is 436 g/mol. The Bertz CT molecular complexity index is 1000. The van der Waals surface area contributed by atoms with Crippen molar-refractivity contribution in [1.82, 2.24) is 10.2 Å². The normalized spacial score (nSPS) is 16.4. The highest BCUT2D eigenvalue weighted by Crippen LogP contribution is 2.44. The maximum atomic E-state index is 13.0. The lowest BCUT2D eigenvalue weighted by atomic mass is 9.98. The quantitative estimate of drug-likeness (QED) is 0.659. The van der Waals surface area contributed by atoms with Gasteiger partial charge in [0, 0.05) is 19.0 Å². The molecule has 2 amide bonds. The molecule has 168 valence electrons. The minimum atomic E-state index is -0.989. The van der Waals surface area contributed by atoms with E-state index in [1.54, 1.807) is 13.8 Å². The number of ether oxygens (including phenoxy) is 1. The summed E-state index contributed by atoms with van der Waals surface area (Å²) in [5.74, 6) is -1.93. The molecule has 0 spiro atoms. The van der Waals surface area contributed by atoms with Crippen molar-refractivity contribution in [3.8, 4) is 11.1 Å². The molecular formula is C25H28N2O5. The van der Waals surface area contributed by atoms with Gasteiger partial charge in [-0.05, 0) is 42.0 Å². The first kappa shape index (κ1) is 21.9. The number of benzene rings is 2. The topological polar surface area (TPSA) is 95.9 Å². The summed E-state index contributed by atoms with van der Waals surface area (Å²) in [6.07, 6.45) is 0.419. The molecule has 0 radical (unpaired) electrons. The lowest BCUT2D eigenvalue weighted by Gasteiger charge is -2.28. The molecule has 1 unspecified atom stereocenters. The van der Waals surface area contributed by atoms with Crippen LogP contribution in [-0.2, 0) is 14.3 Å². The van der Waals surface area contributed by atoms with Crippen LogP contribution in [0.25, 0.3) is 11.1 Å². The Labute approximate surface area is 187 Å². The molecule has 1 atom stereocenters. The summed E-state index contributed by atoms with van der Waals surface area (Å²) in [6.45, 7) is 4.04. The van der Waals surface area contributed by atoms with Crippen LogP contribution in [0.1, 0.15) is 43.7 Å². The third-order valence-corrected chi connectivity index (χ3v) is 6.43. The highest BCUT2D eigenvalue weighted by molar-refractivity contribution is 5.93. The fourth-order valence-electron chi connectivity index (χ4n) is 4.41. The van der Waals surface area contributed by atoms with Crippen LogP contribution in [0.15, 0.2) is 48.5 Å². The molecule has 2 N–H and O–H groups in total. The summed E-state index contributed by atoms with van der Waals surface area (Å²) in [7, 11) is 0. The predicted molar refractivity (Wildman–Crippen MR) is 119 cm³/mol. The second-order valence-corrected chi connectivity index (χ2v) is 8.62. The van der Waals surface area contributed by atoms with Crippen LogP contribution in [0.2, 0.25) is 0 Å². The van der Waals surface area contributed by atoms with Gasteiger partial charge in [-0.2, -0.15) is 0 Å². The zero-order valence-corrected chi connectivity index (χ0v) is 18.3. The third-order valence-electron chi connectivity index (χ3n) is 6.43. The van der Waals surface area contributed by atoms with Crippen LogP contribution in [0.5, 0.6) is 0 Å². The number of aliphatic carboxylic acids is 1. The van der Waals surface area contributed by atoms with Crippen molar-refractivity contribution in [3.63, 3.8) is 0 Å². The van der Waals surface area contributed by atoms with E-state index in [4.69, 9.17) is 9.84 Å². The number of amides is 2. The van der Waals surface area contributed by atoms with Gasteiger partial charge in [0.05, 0.1) is 5.92 Å². The number of hydrogen-bond donors (Lipinski definition) is 2. The zero-order valence-electron chi connectivity index (χ0n) is 18.3. The molecule has 2 aliphatic rings. The number of rotatable bonds is 8. The molecule has 0 aromatic heterocycles. The number of nitrogens with one attached hydrogen (secondary N) is 1. The van der Waals surface area contributed by atoms with E-state index in [-0.39, 0.29) is 25.0 Å². The lowest BCUT2D eigenvalue weighted by molar-refractivity contribution is -0.143. The maximum Gasteiger partial charge on any atom is 0.408 e. The molecular weight excluding hydrogens is 408 g/mol. The molecule has 1 saturated carbocycles. The summed E-state index contributed by atoms with van der Waals surface area (Å²) >= 11 is 0. The van der Waals surface area contributed by atoms with Gasteiger partial charge < -0.3 is 20.1 Å². The Morgan fingerprint density at radius 3 is 2.16 bits per heavy atom. The van der Waals surface area contributed by atoms with Crippen LogP contribution >= 0.6 is 0 Å². The average Bonchev–Trinajstić information content (AvgIpc) is 3.50. The highest BCUT2D eigenvalue weighted by atomic mass is 16.5. The smallest absolute Gasteiger partial charge is 0.408 e. The van der Waals surface area contributed by atoms with Gasteiger partial charge in [-0.1, -0.05) is 55.5 Å². The summed E-state index contributed by atoms with van der Waals surface area (Å²) in [4.78, 5) is 38.3. The van der Waals surface area contributed by atoms with Crippen molar-refractivity contribution in [2.24, 2.45) is 5.92 Å². The average molecular weight is 437 g/mol. The molecule has 4 rings (SSSR count). The fourth-order valence-corrected chi connectivity index (χ4v) is 4.41. The number of carboxylic acid groups (broad SMARTS) is 1. The predicted octanol–water partition coefficient (Wildman–Crippen LogP) is 3.63. The Balaban J connectivity index is 1.40. The van der Waals surface area contributed by atoms with E-state index >= 15 is 0 Å². The van der Waals surface area contributed by atoms with E-state index in [0.29, 0.717) is 19.4 Å². The summed E-state index contributed by atoms with van der Waals surface area (Å²) < 4.78 is 5.58. The van der Waals surface area contributed by atoms with Crippen molar-refractivity contribution in [2.45, 2.75) is 38.1 Å². The van der Waals surface area contributed by atoms with Gasteiger partial charge in [0.15, 0.2) is 0 Å².